The molecule has 1 saturated heterocycles. The fourth-order valence-corrected chi connectivity index (χ4v) is 2.94. The number of nitrogens with one attached hydrogen (secondary N) is 2. The van der Waals surface area contributed by atoms with Crippen LogP contribution in [0.25, 0.3) is 10.9 Å². The van der Waals surface area contributed by atoms with E-state index in [0.717, 1.165) is 11.6 Å². The molecule has 1 atom stereocenters. The highest BCUT2D eigenvalue weighted by Gasteiger charge is 2.34. The fourth-order valence-electron chi connectivity index (χ4n) is 2.94. The summed E-state index contributed by atoms with van der Waals surface area (Å²) in [5, 5.41) is 11.9. The summed E-state index contributed by atoms with van der Waals surface area (Å²) in [6.07, 6.45) is 5.95. The van der Waals surface area contributed by atoms with Crippen LogP contribution in [0.2, 0.25) is 0 Å². The minimum Gasteiger partial charge on any atom is -0.381 e. The van der Waals surface area contributed by atoms with Crippen LogP contribution in [0.1, 0.15) is 19.3 Å². The van der Waals surface area contributed by atoms with E-state index < -0.39 is 0 Å². The van der Waals surface area contributed by atoms with Crippen LogP contribution in [0.4, 0.5) is 5.69 Å². The molecule has 0 amide bonds. The molecule has 4 heteroatoms. The van der Waals surface area contributed by atoms with Crippen molar-refractivity contribution < 1.29 is 0 Å². The van der Waals surface area contributed by atoms with Gasteiger partial charge in [-0.05, 0) is 37.5 Å². The SMILES string of the molecule is c1cc2cn[nH]c2cc1NC1CCN(C2CC2)C1. The first-order chi connectivity index (χ1) is 8.88. The van der Waals surface area contributed by atoms with Gasteiger partial charge in [0, 0.05) is 36.2 Å². The number of hydrogen-bond acceptors (Lipinski definition) is 3. The van der Waals surface area contributed by atoms with Crippen LogP contribution >= 0.6 is 0 Å². The lowest BCUT2D eigenvalue weighted by molar-refractivity contribution is 0.326. The molecule has 1 saturated carbocycles. The van der Waals surface area contributed by atoms with Crippen LogP contribution in [0.15, 0.2) is 24.4 Å². The van der Waals surface area contributed by atoms with E-state index in [9.17, 15) is 0 Å². The number of rotatable bonds is 3. The molecule has 2 heterocycles. The molecule has 1 unspecified atom stereocenters. The van der Waals surface area contributed by atoms with Crippen molar-refractivity contribution >= 4 is 16.6 Å². The number of H-pyrrole nitrogens is 1. The third kappa shape index (κ3) is 1.86. The maximum absolute atomic E-state index is 4.06. The summed E-state index contributed by atoms with van der Waals surface area (Å²) in [4.78, 5) is 2.63. The number of aromatic nitrogens is 2. The molecule has 18 heavy (non-hydrogen) atoms. The molecule has 94 valence electrons. The van der Waals surface area contributed by atoms with Gasteiger partial charge in [0.1, 0.15) is 0 Å². The number of nitrogens with zero attached hydrogens (tertiary/aromatic N) is 2. The molecule has 1 aromatic carbocycles. The largest absolute Gasteiger partial charge is 0.381 e. The summed E-state index contributed by atoms with van der Waals surface area (Å²) in [5.74, 6) is 0. The Labute approximate surface area is 106 Å². The highest BCUT2D eigenvalue weighted by molar-refractivity contribution is 5.81. The van der Waals surface area contributed by atoms with E-state index >= 15 is 0 Å². The van der Waals surface area contributed by atoms with Crippen molar-refractivity contribution in [2.75, 3.05) is 18.4 Å². The molecule has 0 bridgehead atoms. The molecule has 2 aliphatic rings. The lowest BCUT2D eigenvalue weighted by atomic mass is 10.2. The molecule has 0 radical (unpaired) electrons. The van der Waals surface area contributed by atoms with Gasteiger partial charge in [0.2, 0.25) is 0 Å². The van der Waals surface area contributed by atoms with Crippen molar-refractivity contribution in [1.82, 2.24) is 15.1 Å². The first-order valence-corrected chi connectivity index (χ1v) is 6.82. The van der Waals surface area contributed by atoms with E-state index in [0.29, 0.717) is 6.04 Å². The van der Waals surface area contributed by atoms with Crippen LogP contribution in [0.3, 0.4) is 0 Å². The Hall–Kier alpha value is -1.55. The van der Waals surface area contributed by atoms with Crippen molar-refractivity contribution in [2.45, 2.75) is 31.3 Å². The Balaban J connectivity index is 1.47. The van der Waals surface area contributed by atoms with E-state index in [4.69, 9.17) is 0 Å². The van der Waals surface area contributed by atoms with Gasteiger partial charge in [0.05, 0.1) is 11.7 Å². The highest BCUT2D eigenvalue weighted by atomic mass is 15.2. The zero-order chi connectivity index (χ0) is 11.9. The highest BCUT2D eigenvalue weighted by Crippen LogP contribution is 2.30. The summed E-state index contributed by atoms with van der Waals surface area (Å²) in [6, 6.07) is 7.92. The monoisotopic (exact) mass is 242 g/mol. The van der Waals surface area contributed by atoms with Crippen LogP contribution < -0.4 is 5.32 Å². The number of aromatic amines is 1. The fraction of sp³-hybridized carbons (Fsp3) is 0.500. The van der Waals surface area contributed by atoms with Gasteiger partial charge < -0.3 is 5.32 Å². The Morgan fingerprint density at radius 3 is 3.11 bits per heavy atom. The molecule has 2 fully saturated rings. The Morgan fingerprint density at radius 2 is 2.22 bits per heavy atom. The third-order valence-corrected chi connectivity index (χ3v) is 4.10. The van der Waals surface area contributed by atoms with Gasteiger partial charge in [-0.25, -0.2) is 0 Å². The van der Waals surface area contributed by atoms with Crippen molar-refractivity contribution in [2.24, 2.45) is 0 Å². The predicted molar refractivity (Wildman–Crippen MR) is 72.7 cm³/mol. The zero-order valence-electron chi connectivity index (χ0n) is 10.4. The number of benzene rings is 1. The number of likely N-dealkylation sites (tertiary alicyclic amines) is 1. The average molecular weight is 242 g/mol. The van der Waals surface area contributed by atoms with Gasteiger partial charge in [-0.1, -0.05) is 0 Å². The molecular formula is C14H18N4. The van der Waals surface area contributed by atoms with Gasteiger partial charge in [-0.3, -0.25) is 10.00 Å². The Kier molecular flexibility index (Phi) is 2.30. The van der Waals surface area contributed by atoms with E-state index in [1.807, 2.05) is 6.20 Å². The average Bonchev–Trinajstić information content (AvgIpc) is 2.95. The summed E-state index contributed by atoms with van der Waals surface area (Å²) in [5.41, 5.74) is 2.31. The Morgan fingerprint density at radius 1 is 1.28 bits per heavy atom. The first kappa shape index (κ1) is 10.4. The van der Waals surface area contributed by atoms with E-state index in [2.05, 4.69) is 38.6 Å². The summed E-state index contributed by atoms with van der Waals surface area (Å²) < 4.78 is 0. The topological polar surface area (TPSA) is 44.0 Å². The van der Waals surface area contributed by atoms with Crippen LogP contribution in [0, 0.1) is 0 Å². The van der Waals surface area contributed by atoms with Crippen LogP contribution in [-0.4, -0.2) is 40.3 Å². The first-order valence-electron chi connectivity index (χ1n) is 6.82. The van der Waals surface area contributed by atoms with Crippen LogP contribution in [-0.2, 0) is 0 Å². The second kappa shape index (κ2) is 3.99. The Bertz CT molecular complexity index is 558. The molecular weight excluding hydrogens is 224 g/mol. The second-order valence-corrected chi connectivity index (χ2v) is 5.53. The molecule has 4 nitrogen and oxygen atoms in total. The van der Waals surface area contributed by atoms with Crippen molar-refractivity contribution in [1.29, 1.82) is 0 Å². The normalized spacial score (nSPS) is 24.8. The number of fused-ring (bicyclic) bond motifs is 1. The molecule has 2 aromatic rings. The van der Waals surface area contributed by atoms with Gasteiger partial charge in [0.15, 0.2) is 0 Å². The lowest BCUT2D eigenvalue weighted by Crippen LogP contribution is -2.27. The van der Waals surface area contributed by atoms with E-state index in [1.165, 1.54) is 43.4 Å². The summed E-state index contributed by atoms with van der Waals surface area (Å²) in [6.45, 7) is 2.46. The second-order valence-electron chi connectivity index (χ2n) is 5.53. The quantitative estimate of drug-likeness (QED) is 0.867. The standard InChI is InChI=1S/C14H18N4/c1-2-11(7-14-10(1)8-15-17-14)16-12-5-6-18(9-12)13-3-4-13/h1-2,7-8,12-13,16H,3-6,9H2,(H,15,17). The molecule has 0 spiro atoms. The van der Waals surface area contributed by atoms with E-state index in [-0.39, 0.29) is 0 Å². The summed E-state index contributed by atoms with van der Waals surface area (Å²) in [7, 11) is 0. The summed E-state index contributed by atoms with van der Waals surface area (Å²) >= 11 is 0. The number of hydrogen-bond donors (Lipinski definition) is 2. The molecule has 2 N–H and O–H groups in total. The van der Waals surface area contributed by atoms with Crippen molar-refractivity contribution in [3.63, 3.8) is 0 Å². The molecule has 1 aliphatic heterocycles. The maximum Gasteiger partial charge on any atom is 0.0670 e. The molecule has 1 aliphatic carbocycles. The lowest BCUT2D eigenvalue weighted by Gasteiger charge is -2.16. The number of anilines is 1. The smallest absolute Gasteiger partial charge is 0.0670 e. The zero-order valence-corrected chi connectivity index (χ0v) is 10.4. The maximum atomic E-state index is 4.06. The van der Waals surface area contributed by atoms with Gasteiger partial charge in [-0.15, -0.1) is 0 Å². The van der Waals surface area contributed by atoms with Gasteiger partial charge in [0.25, 0.3) is 0 Å². The van der Waals surface area contributed by atoms with Gasteiger partial charge >= 0.3 is 0 Å². The minimum atomic E-state index is 0.603. The third-order valence-electron chi connectivity index (χ3n) is 4.10. The predicted octanol–water partition coefficient (Wildman–Crippen LogP) is 2.21. The molecule has 1 aromatic heterocycles. The van der Waals surface area contributed by atoms with Crippen molar-refractivity contribution in [3.05, 3.63) is 24.4 Å². The van der Waals surface area contributed by atoms with Crippen molar-refractivity contribution in [3.8, 4) is 0 Å². The van der Waals surface area contributed by atoms with Crippen LogP contribution in [0.5, 0.6) is 0 Å². The van der Waals surface area contributed by atoms with E-state index in [1.54, 1.807) is 0 Å². The minimum absolute atomic E-state index is 0.603. The van der Waals surface area contributed by atoms with Gasteiger partial charge in [-0.2, -0.15) is 5.10 Å². The molecule has 4 rings (SSSR count).